The summed E-state index contributed by atoms with van der Waals surface area (Å²) < 4.78 is 38.5. The first kappa shape index (κ1) is 11.5. The zero-order valence-electron chi connectivity index (χ0n) is 7.18. The zero-order chi connectivity index (χ0) is 10.7. The van der Waals surface area contributed by atoms with Crippen LogP contribution in [0.1, 0.15) is 11.5 Å². The van der Waals surface area contributed by atoms with Gasteiger partial charge in [0.1, 0.15) is 5.82 Å². The topological polar surface area (TPSA) is 26.0 Å². The van der Waals surface area contributed by atoms with Gasteiger partial charge in [0.15, 0.2) is 0 Å². The molecule has 0 radical (unpaired) electrons. The van der Waals surface area contributed by atoms with Gasteiger partial charge >= 0.3 is 0 Å². The molecule has 0 bridgehead atoms. The van der Waals surface area contributed by atoms with Crippen molar-refractivity contribution < 1.29 is 13.2 Å². The average molecular weight is 268 g/mol. The molecule has 1 unspecified atom stereocenters. The van der Waals surface area contributed by atoms with Gasteiger partial charge in [0, 0.05) is 16.6 Å². The van der Waals surface area contributed by atoms with Crippen molar-refractivity contribution in [2.75, 3.05) is 6.54 Å². The molecule has 1 atom stereocenters. The fourth-order valence-electron chi connectivity index (χ4n) is 1.21. The van der Waals surface area contributed by atoms with Crippen molar-refractivity contribution in [3.05, 3.63) is 34.1 Å². The fourth-order valence-corrected chi connectivity index (χ4v) is 1.85. The van der Waals surface area contributed by atoms with Crippen LogP contribution in [0.5, 0.6) is 0 Å². The molecule has 5 heteroatoms. The number of hydrogen-bond donors (Lipinski definition) is 1. The van der Waals surface area contributed by atoms with Crippen LogP contribution in [0.3, 0.4) is 0 Å². The SMILES string of the molecule is NCC(c1c(F)cccc1Br)C(F)F. The lowest BCUT2D eigenvalue weighted by molar-refractivity contribution is 0.115. The molecule has 0 saturated heterocycles. The Kier molecular flexibility index (Phi) is 3.95. The summed E-state index contributed by atoms with van der Waals surface area (Å²) in [6.45, 7) is -0.281. The van der Waals surface area contributed by atoms with Crippen LogP contribution in [0.15, 0.2) is 22.7 Å². The summed E-state index contributed by atoms with van der Waals surface area (Å²) in [4.78, 5) is 0. The van der Waals surface area contributed by atoms with Crippen LogP contribution in [-0.2, 0) is 0 Å². The van der Waals surface area contributed by atoms with Crippen LogP contribution >= 0.6 is 15.9 Å². The van der Waals surface area contributed by atoms with E-state index in [4.69, 9.17) is 5.73 Å². The van der Waals surface area contributed by atoms with Gasteiger partial charge in [-0.05, 0) is 12.1 Å². The minimum Gasteiger partial charge on any atom is -0.330 e. The quantitative estimate of drug-likeness (QED) is 0.896. The molecule has 78 valence electrons. The van der Waals surface area contributed by atoms with Crippen molar-refractivity contribution in [3.8, 4) is 0 Å². The third kappa shape index (κ3) is 2.27. The Morgan fingerprint density at radius 1 is 1.36 bits per heavy atom. The molecule has 1 rings (SSSR count). The largest absolute Gasteiger partial charge is 0.330 e. The maximum absolute atomic E-state index is 13.2. The Hall–Kier alpha value is -0.550. The van der Waals surface area contributed by atoms with Crippen LogP contribution in [0.2, 0.25) is 0 Å². The van der Waals surface area contributed by atoms with Gasteiger partial charge in [-0.15, -0.1) is 0 Å². The lowest BCUT2D eigenvalue weighted by Gasteiger charge is -2.16. The number of alkyl halides is 2. The molecule has 0 aliphatic rings. The summed E-state index contributed by atoms with van der Waals surface area (Å²) >= 11 is 3.03. The number of rotatable bonds is 3. The van der Waals surface area contributed by atoms with Crippen molar-refractivity contribution in [2.24, 2.45) is 5.73 Å². The minimum absolute atomic E-state index is 0.0509. The van der Waals surface area contributed by atoms with E-state index in [9.17, 15) is 13.2 Å². The van der Waals surface area contributed by atoms with Gasteiger partial charge in [-0.1, -0.05) is 22.0 Å². The van der Waals surface area contributed by atoms with E-state index in [1.165, 1.54) is 12.1 Å². The second-order valence-electron chi connectivity index (χ2n) is 2.81. The van der Waals surface area contributed by atoms with E-state index in [0.29, 0.717) is 4.47 Å². The summed E-state index contributed by atoms with van der Waals surface area (Å²) in [6.07, 6.45) is -2.66. The maximum atomic E-state index is 13.2. The van der Waals surface area contributed by atoms with E-state index in [1.807, 2.05) is 0 Å². The molecule has 0 fully saturated rings. The Balaban J connectivity index is 3.15. The number of nitrogens with two attached hydrogens (primary N) is 1. The molecule has 0 aromatic heterocycles. The van der Waals surface area contributed by atoms with E-state index in [1.54, 1.807) is 0 Å². The lowest BCUT2D eigenvalue weighted by atomic mass is 9.99. The summed E-state index contributed by atoms with van der Waals surface area (Å²) in [6, 6.07) is 4.11. The molecule has 0 amide bonds. The summed E-state index contributed by atoms with van der Waals surface area (Å²) in [5.74, 6) is -1.92. The zero-order valence-corrected chi connectivity index (χ0v) is 8.77. The van der Waals surface area contributed by atoms with Gasteiger partial charge in [-0.3, -0.25) is 0 Å². The highest BCUT2D eigenvalue weighted by Gasteiger charge is 2.25. The average Bonchev–Trinajstić information content (AvgIpc) is 2.10. The van der Waals surface area contributed by atoms with Gasteiger partial charge in [0.05, 0.1) is 5.92 Å². The molecule has 0 saturated carbocycles. The highest BCUT2D eigenvalue weighted by atomic mass is 79.9. The van der Waals surface area contributed by atoms with Gasteiger partial charge in [-0.25, -0.2) is 13.2 Å². The first-order chi connectivity index (χ1) is 6.57. The van der Waals surface area contributed by atoms with E-state index in [2.05, 4.69) is 15.9 Å². The summed E-state index contributed by atoms with van der Waals surface area (Å²) in [5, 5.41) is 0. The highest BCUT2D eigenvalue weighted by molar-refractivity contribution is 9.10. The Bertz CT molecular complexity index is 297. The molecular weight excluding hydrogens is 259 g/mol. The van der Waals surface area contributed by atoms with Gasteiger partial charge < -0.3 is 5.73 Å². The van der Waals surface area contributed by atoms with E-state index in [-0.39, 0.29) is 12.1 Å². The van der Waals surface area contributed by atoms with Crippen LogP contribution < -0.4 is 5.73 Å². The first-order valence-corrected chi connectivity index (χ1v) is 4.79. The predicted octanol–water partition coefficient (Wildman–Crippen LogP) is 2.90. The third-order valence-corrected chi connectivity index (χ3v) is 2.62. The van der Waals surface area contributed by atoms with Crippen molar-refractivity contribution in [1.29, 1.82) is 0 Å². The van der Waals surface area contributed by atoms with Crippen LogP contribution in [0.25, 0.3) is 0 Å². The molecule has 1 aromatic rings. The Morgan fingerprint density at radius 2 is 2.00 bits per heavy atom. The van der Waals surface area contributed by atoms with Gasteiger partial charge in [0.2, 0.25) is 6.43 Å². The Labute approximate surface area is 88.2 Å². The number of hydrogen-bond acceptors (Lipinski definition) is 1. The van der Waals surface area contributed by atoms with Crippen molar-refractivity contribution in [2.45, 2.75) is 12.3 Å². The first-order valence-electron chi connectivity index (χ1n) is 4.00. The molecule has 0 heterocycles. The molecule has 0 spiro atoms. The lowest BCUT2D eigenvalue weighted by Crippen LogP contribution is -2.21. The van der Waals surface area contributed by atoms with Gasteiger partial charge in [0.25, 0.3) is 0 Å². The smallest absolute Gasteiger partial charge is 0.246 e. The van der Waals surface area contributed by atoms with E-state index in [0.717, 1.165) is 6.07 Å². The van der Waals surface area contributed by atoms with Gasteiger partial charge in [-0.2, -0.15) is 0 Å². The fraction of sp³-hybridized carbons (Fsp3) is 0.333. The summed E-state index contributed by atoms with van der Waals surface area (Å²) in [7, 11) is 0. The second-order valence-corrected chi connectivity index (χ2v) is 3.67. The van der Waals surface area contributed by atoms with Crippen molar-refractivity contribution >= 4 is 15.9 Å². The standard InChI is InChI=1S/C9H9BrF3N/c10-6-2-1-3-7(11)8(6)5(4-14)9(12)13/h1-3,5,9H,4,14H2. The Morgan fingerprint density at radius 3 is 2.43 bits per heavy atom. The molecule has 0 aliphatic carbocycles. The van der Waals surface area contributed by atoms with Crippen molar-refractivity contribution in [1.82, 2.24) is 0 Å². The van der Waals surface area contributed by atoms with E-state index >= 15 is 0 Å². The molecule has 1 nitrogen and oxygen atoms in total. The molecular formula is C9H9BrF3N. The summed E-state index contributed by atoms with van der Waals surface area (Å²) in [5.41, 5.74) is 5.13. The van der Waals surface area contributed by atoms with Crippen molar-refractivity contribution in [3.63, 3.8) is 0 Å². The van der Waals surface area contributed by atoms with E-state index < -0.39 is 18.2 Å². The normalized spacial score (nSPS) is 13.3. The molecule has 1 aromatic carbocycles. The highest BCUT2D eigenvalue weighted by Crippen LogP contribution is 2.31. The third-order valence-electron chi connectivity index (χ3n) is 1.93. The minimum atomic E-state index is -2.66. The predicted molar refractivity (Wildman–Crippen MR) is 51.9 cm³/mol. The molecule has 14 heavy (non-hydrogen) atoms. The monoisotopic (exact) mass is 267 g/mol. The van der Waals surface area contributed by atoms with Crippen LogP contribution in [-0.4, -0.2) is 13.0 Å². The molecule has 0 aliphatic heterocycles. The van der Waals surface area contributed by atoms with Crippen LogP contribution in [0, 0.1) is 5.82 Å². The molecule has 2 N–H and O–H groups in total. The number of halogens is 4. The second kappa shape index (κ2) is 4.79. The number of benzene rings is 1. The van der Waals surface area contributed by atoms with Crippen LogP contribution in [0.4, 0.5) is 13.2 Å². The maximum Gasteiger partial charge on any atom is 0.246 e.